The molecule has 0 aliphatic heterocycles. The van der Waals surface area contributed by atoms with Crippen LogP contribution in [0.4, 0.5) is 5.69 Å². The summed E-state index contributed by atoms with van der Waals surface area (Å²) < 4.78 is 11.2. The molecule has 24 heavy (non-hydrogen) atoms. The van der Waals surface area contributed by atoms with Gasteiger partial charge in [0.15, 0.2) is 5.58 Å². The van der Waals surface area contributed by atoms with Crippen LogP contribution in [0, 0.1) is 0 Å². The molecule has 0 fully saturated rings. The zero-order chi connectivity index (χ0) is 16.5. The van der Waals surface area contributed by atoms with E-state index in [1.54, 1.807) is 0 Å². The largest absolute Gasteiger partial charge is 0.409 e. The van der Waals surface area contributed by atoms with E-state index in [4.69, 9.17) is 21.4 Å². The topological polar surface area (TPSA) is 38.5 Å². The van der Waals surface area contributed by atoms with E-state index in [1.807, 2.05) is 60.5 Å². The van der Waals surface area contributed by atoms with Crippen LogP contribution in [0.2, 0.25) is 0 Å². The van der Waals surface area contributed by atoms with Crippen LogP contribution in [0.3, 0.4) is 0 Å². The molecule has 0 spiro atoms. The second-order valence-corrected chi connectivity index (χ2v) is 5.72. The minimum absolute atomic E-state index is 0.147. The predicted molar refractivity (Wildman–Crippen MR) is 99.6 cm³/mol. The Morgan fingerprint density at radius 1 is 1.00 bits per heavy atom. The van der Waals surface area contributed by atoms with Gasteiger partial charge in [-0.25, -0.2) is 0 Å². The van der Waals surface area contributed by atoms with E-state index in [0.717, 1.165) is 22.0 Å². The lowest BCUT2D eigenvalue weighted by molar-refractivity contribution is 0.382. The van der Waals surface area contributed by atoms with Gasteiger partial charge in [-0.15, -0.1) is 0 Å². The summed E-state index contributed by atoms with van der Waals surface area (Å²) in [5.74, 6) is 0. The number of fused-ring (bicyclic) bond motifs is 2. The smallest absolute Gasteiger partial charge is 0.402 e. The van der Waals surface area contributed by atoms with Crippen LogP contribution in [-0.2, 0) is 0 Å². The molecule has 0 atom stereocenters. The van der Waals surface area contributed by atoms with Crippen LogP contribution in [0.15, 0.2) is 71.1 Å². The summed E-state index contributed by atoms with van der Waals surface area (Å²) in [5.41, 5.74) is 2.38. The summed E-state index contributed by atoms with van der Waals surface area (Å²) in [5, 5.41) is 2.52. The maximum Gasteiger partial charge on any atom is 0.402 e. The van der Waals surface area contributed by atoms with Gasteiger partial charge < -0.3 is 14.1 Å². The highest BCUT2D eigenvalue weighted by molar-refractivity contribution is 7.80. The third-order valence-electron chi connectivity index (χ3n) is 3.85. The number of anilines is 1. The van der Waals surface area contributed by atoms with E-state index in [2.05, 4.69) is 23.2 Å². The van der Waals surface area contributed by atoms with Gasteiger partial charge in [0.2, 0.25) is 0 Å². The third kappa shape index (κ3) is 2.59. The molecule has 0 N–H and O–H groups in total. The third-order valence-corrected chi connectivity index (χ3v) is 4.21. The van der Waals surface area contributed by atoms with Crippen molar-refractivity contribution in [1.82, 2.24) is 4.98 Å². The van der Waals surface area contributed by atoms with E-state index in [9.17, 15) is 0 Å². The van der Waals surface area contributed by atoms with Gasteiger partial charge in [-0.05, 0) is 35.8 Å². The quantitative estimate of drug-likeness (QED) is 0.493. The lowest BCUT2D eigenvalue weighted by Gasteiger charge is -2.20. The molecule has 0 aliphatic rings. The standard InChI is InChI=1S/C19H14N2O2S/c1-21(16-11-6-8-13-7-2-3-9-14(13)16)19(24)23-18-20-15-10-4-5-12-17(15)22-18/h2-12H,1H3. The Hall–Kier alpha value is -2.92. The number of oxazole rings is 1. The van der Waals surface area contributed by atoms with Crippen molar-refractivity contribution in [2.45, 2.75) is 0 Å². The lowest BCUT2D eigenvalue weighted by atomic mass is 10.1. The summed E-state index contributed by atoms with van der Waals surface area (Å²) in [7, 11) is 1.87. The van der Waals surface area contributed by atoms with Gasteiger partial charge in [0, 0.05) is 12.4 Å². The normalized spacial score (nSPS) is 10.9. The first kappa shape index (κ1) is 14.7. The van der Waals surface area contributed by atoms with Gasteiger partial charge in [-0.1, -0.05) is 48.5 Å². The number of benzene rings is 3. The molecule has 1 heterocycles. The molecule has 4 rings (SSSR count). The highest BCUT2D eigenvalue weighted by Crippen LogP contribution is 2.27. The van der Waals surface area contributed by atoms with Crippen molar-refractivity contribution in [3.05, 3.63) is 66.7 Å². The molecular weight excluding hydrogens is 320 g/mol. The zero-order valence-corrected chi connectivity index (χ0v) is 13.8. The van der Waals surface area contributed by atoms with Gasteiger partial charge >= 0.3 is 6.08 Å². The number of nitrogens with zero attached hydrogens (tertiary/aromatic N) is 2. The molecule has 3 aromatic carbocycles. The van der Waals surface area contributed by atoms with Gasteiger partial charge in [0.05, 0.1) is 5.69 Å². The highest BCUT2D eigenvalue weighted by atomic mass is 32.1. The molecule has 0 aliphatic carbocycles. The molecule has 4 nitrogen and oxygen atoms in total. The average Bonchev–Trinajstić information content (AvgIpc) is 3.02. The van der Waals surface area contributed by atoms with Crippen molar-refractivity contribution in [1.29, 1.82) is 0 Å². The minimum Gasteiger partial charge on any atom is -0.409 e. The first-order chi connectivity index (χ1) is 11.7. The first-order valence-electron chi connectivity index (χ1n) is 7.51. The van der Waals surface area contributed by atoms with Crippen LogP contribution in [0.25, 0.3) is 21.9 Å². The Morgan fingerprint density at radius 3 is 2.62 bits per heavy atom. The van der Waals surface area contributed by atoms with Crippen molar-refractivity contribution >= 4 is 45.0 Å². The average molecular weight is 334 g/mol. The second-order valence-electron chi connectivity index (χ2n) is 5.37. The van der Waals surface area contributed by atoms with Crippen molar-refractivity contribution in [3.63, 3.8) is 0 Å². The molecule has 0 bridgehead atoms. The number of hydrogen-bond acceptors (Lipinski definition) is 4. The monoisotopic (exact) mass is 334 g/mol. The number of ether oxygens (including phenoxy) is 1. The van der Waals surface area contributed by atoms with E-state index in [1.165, 1.54) is 0 Å². The maximum absolute atomic E-state index is 5.64. The van der Waals surface area contributed by atoms with Crippen LogP contribution >= 0.6 is 12.2 Å². The van der Waals surface area contributed by atoms with E-state index < -0.39 is 0 Å². The molecular formula is C19H14N2O2S. The van der Waals surface area contributed by atoms with E-state index in [0.29, 0.717) is 5.58 Å². The number of aromatic nitrogens is 1. The van der Waals surface area contributed by atoms with Crippen LogP contribution in [0.5, 0.6) is 6.08 Å². The predicted octanol–water partition coefficient (Wildman–Crippen LogP) is 4.78. The number of para-hydroxylation sites is 2. The fourth-order valence-electron chi connectivity index (χ4n) is 2.64. The van der Waals surface area contributed by atoms with E-state index >= 15 is 0 Å². The summed E-state index contributed by atoms with van der Waals surface area (Å²) in [6.07, 6.45) is 0.147. The molecule has 0 saturated carbocycles. The molecule has 5 heteroatoms. The van der Waals surface area contributed by atoms with Crippen molar-refractivity contribution < 1.29 is 9.15 Å². The summed E-state index contributed by atoms with van der Waals surface area (Å²) in [4.78, 5) is 6.10. The molecule has 4 aromatic rings. The molecule has 0 amide bonds. The summed E-state index contributed by atoms with van der Waals surface area (Å²) in [6.45, 7) is 0. The Bertz CT molecular complexity index is 1000. The van der Waals surface area contributed by atoms with Crippen LogP contribution < -0.4 is 9.64 Å². The van der Waals surface area contributed by atoms with Gasteiger partial charge in [-0.3, -0.25) is 0 Å². The summed E-state index contributed by atoms with van der Waals surface area (Å²) in [6, 6.07) is 21.7. The molecule has 118 valence electrons. The Balaban J connectivity index is 1.63. The van der Waals surface area contributed by atoms with Gasteiger partial charge in [-0.2, -0.15) is 4.98 Å². The van der Waals surface area contributed by atoms with Gasteiger partial charge in [0.25, 0.3) is 5.17 Å². The Labute approximate surface area is 144 Å². The molecule has 0 saturated heterocycles. The maximum atomic E-state index is 5.64. The number of hydrogen-bond donors (Lipinski definition) is 0. The molecule has 0 unspecified atom stereocenters. The SMILES string of the molecule is CN(C(=S)Oc1nc2ccccc2o1)c1cccc2ccccc12. The molecule has 1 aromatic heterocycles. The van der Waals surface area contributed by atoms with Crippen molar-refractivity contribution in [2.75, 3.05) is 11.9 Å². The van der Waals surface area contributed by atoms with Gasteiger partial charge in [0.1, 0.15) is 5.52 Å². The van der Waals surface area contributed by atoms with Crippen molar-refractivity contribution in [2.24, 2.45) is 0 Å². The number of rotatable bonds is 2. The second kappa shape index (κ2) is 5.94. The number of thiocarbonyl (C=S) groups is 1. The van der Waals surface area contributed by atoms with Crippen molar-refractivity contribution in [3.8, 4) is 6.08 Å². The fraction of sp³-hybridized carbons (Fsp3) is 0.0526. The van der Waals surface area contributed by atoms with E-state index in [-0.39, 0.29) is 11.3 Å². The molecule has 0 radical (unpaired) electrons. The van der Waals surface area contributed by atoms with Crippen LogP contribution in [-0.4, -0.2) is 17.2 Å². The Kier molecular flexibility index (Phi) is 3.63. The zero-order valence-electron chi connectivity index (χ0n) is 13.0. The lowest BCUT2D eigenvalue weighted by Crippen LogP contribution is -2.29. The Morgan fingerprint density at radius 2 is 1.75 bits per heavy atom. The minimum atomic E-state index is 0.147. The highest BCUT2D eigenvalue weighted by Gasteiger charge is 2.15. The van der Waals surface area contributed by atoms with Crippen LogP contribution in [0.1, 0.15) is 0 Å². The summed E-state index contributed by atoms with van der Waals surface area (Å²) >= 11 is 5.41. The fourth-order valence-corrected chi connectivity index (χ4v) is 2.81. The first-order valence-corrected chi connectivity index (χ1v) is 7.92.